The second kappa shape index (κ2) is 15.3. The van der Waals surface area contributed by atoms with Crippen LogP contribution < -0.4 is 4.74 Å². The van der Waals surface area contributed by atoms with E-state index < -0.39 is 51.0 Å². The minimum Gasteiger partial charge on any atom is -0.489 e. The summed E-state index contributed by atoms with van der Waals surface area (Å²) in [6, 6.07) is 12.4. The largest absolute Gasteiger partial charge is 0.489 e. The number of rotatable bonds is 7. The van der Waals surface area contributed by atoms with Crippen LogP contribution in [-0.2, 0) is 30.8 Å². The Morgan fingerprint density at radius 3 is 1.85 bits per heavy atom. The minimum absolute atomic E-state index is 0.0188. The normalized spacial score (nSPS) is 14.9. The summed E-state index contributed by atoms with van der Waals surface area (Å²) in [6.45, 7) is 16.9. The number of carbonyl (C=O) groups excluding carboxylic acids is 4. The molecule has 2 aromatic carbocycles. The summed E-state index contributed by atoms with van der Waals surface area (Å²) in [5.74, 6) is -1.14. The van der Waals surface area contributed by atoms with Gasteiger partial charge in [0.25, 0.3) is 5.91 Å². The first-order valence-corrected chi connectivity index (χ1v) is 19.0. The van der Waals surface area contributed by atoms with Crippen LogP contribution in [0.1, 0.15) is 109 Å². The van der Waals surface area contributed by atoms with Crippen molar-refractivity contribution in [2.75, 3.05) is 18.8 Å². The van der Waals surface area contributed by atoms with Crippen molar-refractivity contribution in [1.82, 2.24) is 13.8 Å². The highest BCUT2D eigenvalue weighted by Crippen LogP contribution is 2.39. The number of benzene rings is 2. The zero-order valence-corrected chi connectivity index (χ0v) is 32.6. The molecular weight excluding hydrogens is 690 g/mol. The summed E-state index contributed by atoms with van der Waals surface area (Å²) in [4.78, 5) is 56.1. The third kappa shape index (κ3) is 10.1. The number of hydrogen-bond acceptors (Lipinski definition) is 10. The average Bonchev–Trinajstić information content (AvgIpc) is 3.41. The number of imide groups is 3. The average molecular weight is 742 g/mol. The molecule has 0 saturated carbocycles. The molecule has 1 aliphatic heterocycles. The Morgan fingerprint density at radius 1 is 0.808 bits per heavy atom. The molecule has 13 nitrogen and oxygen atoms in total. The smallest absolute Gasteiger partial charge is 0.427 e. The lowest BCUT2D eigenvalue weighted by Crippen LogP contribution is -2.47. The van der Waals surface area contributed by atoms with Crippen LogP contribution in [-0.4, -0.2) is 82.0 Å². The molecule has 0 aliphatic carbocycles. The standard InChI is InChI=1S/C38H51N3O10S/c1-11-52(46,47)39-19-17-26(18-20-39)30-23-40(33(43)49-36(2,3)4)31-28(30)21-27(48-24-25-15-13-12-14-16-25)22-29(31)32(42)41(34(44)50-37(5,6)7)35(45)51-38(8,9)10/h12-16,21-23,26H,11,17-20,24H2,1-10H3. The lowest BCUT2D eigenvalue weighted by Gasteiger charge is -2.31. The van der Waals surface area contributed by atoms with Gasteiger partial charge in [-0.2, -0.15) is 0 Å². The lowest BCUT2D eigenvalue weighted by atomic mass is 9.89. The molecule has 0 spiro atoms. The van der Waals surface area contributed by atoms with Gasteiger partial charge in [-0.15, -0.1) is 4.90 Å². The molecule has 0 N–H and O–H groups in total. The Labute approximate surface area is 306 Å². The summed E-state index contributed by atoms with van der Waals surface area (Å²) in [7, 11) is -3.41. The van der Waals surface area contributed by atoms with E-state index in [1.165, 1.54) is 14.9 Å². The zero-order valence-electron chi connectivity index (χ0n) is 31.8. The molecule has 3 aromatic rings. The predicted molar refractivity (Wildman–Crippen MR) is 196 cm³/mol. The summed E-state index contributed by atoms with van der Waals surface area (Å²) < 4.78 is 50.9. The summed E-state index contributed by atoms with van der Waals surface area (Å²) >= 11 is 0. The van der Waals surface area contributed by atoms with Crippen LogP contribution in [0.3, 0.4) is 0 Å². The number of carbonyl (C=O) groups is 4. The Bertz CT molecular complexity index is 1880. The van der Waals surface area contributed by atoms with Gasteiger partial charge in [0.2, 0.25) is 10.0 Å². The fourth-order valence-electron chi connectivity index (χ4n) is 5.73. The van der Waals surface area contributed by atoms with Crippen LogP contribution in [0.4, 0.5) is 14.4 Å². The van der Waals surface area contributed by atoms with Gasteiger partial charge in [0.15, 0.2) is 0 Å². The van der Waals surface area contributed by atoms with E-state index in [2.05, 4.69) is 0 Å². The minimum atomic E-state index is -3.41. The molecule has 1 aliphatic rings. The number of sulfonamides is 1. The van der Waals surface area contributed by atoms with Gasteiger partial charge in [0.05, 0.1) is 16.8 Å². The maximum Gasteiger partial charge on any atom is 0.427 e. The molecule has 284 valence electrons. The molecule has 1 saturated heterocycles. The van der Waals surface area contributed by atoms with Crippen LogP contribution in [0.15, 0.2) is 48.7 Å². The van der Waals surface area contributed by atoms with E-state index in [4.69, 9.17) is 18.9 Å². The van der Waals surface area contributed by atoms with Crippen LogP contribution in [0.5, 0.6) is 5.75 Å². The fraction of sp³-hybridized carbons (Fsp3) is 0.526. The SMILES string of the molecule is CCS(=O)(=O)N1CCC(c2cn(C(=O)OC(C)(C)C)c3c(C(=O)N(C(=O)OC(C)(C)C)C(=O)OC(C)(C)C)cc(OCc4ccccc4)cc23)CC1. The van der Waals surface area contributed by atoms with Crippen molar-refractivity contribution >= 4 is 45.1 Å². The molecule has 0 bridgehead atoms. The second-order valence-corrected chi connectivity index (χ2v) is 18.0. The van der Waals surface area contributed by atoms with Gasteiger partial charge in [-0.05, 0) is 111 Å². The van der Waals surface area contributed by atoms with Gasteiger partial charge in [-0.25, -0.2) is 27.1 Å². The van der Waals surface area contributed by atoms with Crippen molar-refractivity contribution in [3.63, 3.8) is 0 Å². The highest BCUT2D eigenvalue weighted by atomic mass is 32.2. The Kier molecular flexibility index (Phi) is 11.9. The van der Waals surface area contributed by atoms with Crippen molar-refractivity contribution < 1.29 is 46.5 Å². The van der Waals surface area contributed by atoms with Gasteiger partial charge in [-0.1, -0.05) is 30.3 Å². The first-order valence-electron chi connectivity index (χ1n) is 17.4. The maximum absolute atomic E-state index is 14.7. The van der Waals surface area contributed by atoms with Crippen molar-refractivity contribution in [3.8, 4) is 5.75 Å². The van der Waals surface area contributed by atoms with E-state index in [0.29, 0.717) is 23.8 Å². The molecule has 3 amide bonds. The van der Waals surface area contributed by atoms with Gasteiger partial charge >= 0.3 is 18.3 Å². The third-order valence-corrected chi connectivity index (χ3v) is 9.86. The number of aromatic nitrogens is 1. The van der Waals surface area contributed by atoms with Crippen molar-refractivity contribution in [3.05, 3.63) is 65.4 Å². The number of amides is 3. The molecule has 0 unspecified atom stereocenters. The number of piperidine rings is 1. The number of nitrogens with zero attached hydrogens (tertiary/aromatic N) is 3. The van der Waals surface area contributed by atoms with Crippen molar-refractivity contribution in [1.29, 1.82) is 0 Å². The third-order valence-electron chi connectivity index (χ3n) is 7.98. The molecule has 0 radical (unpaired) electrons. The van der Waals surface area contributed by atoms with E-state index in [1.54, 1.807) is 81.5 Å². The van der Waals surface area contributed by atoms with Crippen LogP contribution >= 0.6 is 0 Å². The monoisotopic (exact) mass is 741 g/mol. The van der Waals surface area contributed by atoms with E-state index in [-0.39, 0.29) is 53.1 Å². The molecule has 0 atom stereocenters. The number of hydrogen-bond donors (Lipinski definition) is 0. The molecule has 1 fully saturated rings. The second-order valence-electron chi connectivity index (χ2n) is 15.8. The van der Waals surface area contributed by atoms with Gasteiger partial charge in [-0.3, -0.25) is 9.36 Å². The Morgan fingerprint density at radius 2 is 1.35 bits per heavy atom. The molecule has 4 rings (SSSR count). The molecule has 52 heavy (non-hydrogen) atoms. The summed E-state index contributed by atoms with van der Waals surface area (Å²) in [5.41, 5.74) is -1.75. The highest BCUT2D eigenvalue weighted by Gasteiger charge is 2.40. The highest BCUT2D eigenvalue weighted by molar-refractivity contribution is 7.89. The van der Waals surface area contributed by atoms with Crippen LogP contribution in [0, 0.1) is 0 Å². The van der Waals surface area contributed by atoms with E-state index in [0.717, 1.165) is 5.56 Å². The van der Waals surface area contributed by atoms with Gasteiger partial charge in [0.1, 0.15) is 29.2 Å². The molecular formula is C38H51N3O10S. The van der Waals surface area contributed by atoms with Crippen LogP contribution in [0.25, 0.3) is 10.9 Å². The topological polar surface area (TPSA) is 151 Å². The van der Waals surface area contributed by atoms with Crippen LogP contribution in [0.2, 0.25) is 0 Å². The van der Waals surface area contributed by atoms with Crippen molar-refractivity contribution in [2.24, 2.45) is 0 Å². The van der Waals surface area contributed by atoms with E-state index in [9.17, 15) is 27.6 Å². The van der Waals surface area contributed by atoms with E-state index in [1.807, 2.05) is 30.3 Å². The molecule has 14 heteroatoms. The summed E-state index contributed by atoms with van der Waals surface area (Å²) in [5, 5.41) is 0.435. The Balaban J connectivity index is 1.97. The Hall–Kier alpha value is -4.43. The zero-order chi connectivity index (χ0) is 38.8. The summed E-state index contributed by atoms with van der Waals surface area (Å²) in [6.07, 6.45) is -0.884. The van der Waals surface area contributed by atoms with E-state index >= 15 is 0 Å². The number of fused-ring (bicyclic) bond motifs is 1. The fourth-order valence-corrected chi connectivity index (χ4v) is 6.86. The van der Waals surface area contributed by atoms with Crippen molar-refractivity contribution in [2.45, 2.75) is 111 Å². The number of ether oxygens (including phenoxy) is 4. The first kappa shape index (κ1) is 40.3. The molecule has 1 aromatic heterocycles. The first-order chi connectivity index (χ1) is 24.0. The molecule has 2 heterocycles. The lowest BCUT2D eigenvalue weighted by molar-refractivity contribution is 0.00396. The quantitative estimate of drug-likeness (QED) is 0.219. The van der Waals surface area contributed by atoms with Gasteiger partial charge in [0, 0.05) is 24.7 Å². The maximum atomic E-state index is 14.7. The predicted octanol–water partition coefficient (Wildman–Crippen LogP) is 7.85. The van der Waals surface area contributed by atoms with Gasteiger partial charge < -0.3 is 18.9 Å².